The van der Waals surface area contributed by atoms with E-state index in [9.17, 15) is 8.42 Å². The molecule has 12 heavy (non-hydrogen) atoms. The lowest BCUT2D eigenvalue weighted by Gasteiger charge is -2.13. The van der Waals surface area contributed by atoms with Crippen LogP contribution in [0.2, 0.25) is 0 Å². The molecule has 0 amide bonds. The number of nitrogens with zero attached hydrogens (tertiary/aromatic N) is 1. The van der Waals surface area contributed by atoms with E-state index in [0.717, 1.165) is 30.5 Å². The first-order chi connectivity index (χ1) is 5.58. The molecular weight excluding hydrogens is 178 g/mol. The van der Waals surface area contributed by atoms with Crippen molar-refractivity contribution >= 4 is 16.0 Å². The molecule has 0 bridgehead atoms. The zero-order chi connectivity index (χ0) is 8.77. The molecule has 1 aliphatic heterocycles. The summed E-state index contributed by atoms with van der Waals surface area (Å²) in [5, 5.41) is 0. The Hall–Kier alpha value is -1.04. The van der Waals surface area contributed by atoms with Crippen LogP contribution in [0.3, 0.4) is 0 Å². The van der Waals surface area contributed by atoms with Gasteiger partial charge >= 0.3 is 10.2 Å². The van der Waals surface area contributed by atoms with Gasteiger partial charge in [0.25, 0.3) is 0 Å². The molecule has 0 fully saturated rings. The minimum absolute atomic E-state index is 0.154. The van der Waals surface area contributed by atoms with E-state index < -0.39 is 10.2 Å². The van der Waals surface area contributed by atoms with Gasteiger partial charge in [0, 0.05) is 11.3 Å². The lowest BCUT2D eigenvalue weighted by molar-refractivity contribution is 0.588. The summed E-state index contributed by atoms with van der Waals surface area (Å²) in [4.78, 5) is 0. The van der Waals surface area contributed by atoms with Gasteiger partial charge < -0.3 is 5.73 Å². The Morgan fingerprint density at radius 1 is 1.42 bits per heavy atom. The van der Waals surface area contributed by atoms with Crippen molar-refractivity contribution in [1.82, 2.24) is 4.72 Å². The maximum Gasteiger partial charge on any atom is 0.343 e. The van der Waals surface area contributed by atoms with Crippen LogP contribution >= 0.6 is 0 Å². The molecule has 2 rings (SSSR count). The van der Waals surface area contributed by atoms with Crippen molar-refractivity contribution in [1.29, 1.82) is 0 Å². The number of hydrogen-bond donors (Lipinski definition) is 2. The lowest BCUT2D eigenvalue weighted by atomic mass is 10.2. The zero-order valence-electron chi connectivity index (χ0n) is 6.37. The van der Waals surface area contributed by atoms with Gasteiger partial charge in [-0.25, -0.2) is 0 Å². The number of hydrogen-bond acceptors (Lipinski definition) is 3. The van der Waals surface area contributed by atoms with Gasteiger partial charge in [-0.15, -0.1) is 4.40 Å². The van der Waals surface area contributed by atoms with Gasteiger partial charge in [-0.05, 0) is 19.3 Å². The fraction of sp³-hybridized carbons (Fsp3) is 0.500. The predicted octanol–water partition coefficient (Wildman–Crippen LogP) is -0.370. The van der Waals surface area contributed by atoms with Crippen LogP contribution in [0.25, 0.3) is 0 Å². The third-order valence-electron chi connectivity index (χ3n) is 2.00. The van der Waals surface area contributed by atoms with Crippen molar-refractivity contribution in [3.63, 3.8) is 0 Å². The average molecular weight is 187 g/mol. The maximum absolute atomic E-state index is 11.0. The van der Waals surface area contributed by atoms with E-state index in [1.807, 2.05) is 0 Å². The third kappa shape index (κ3) is 1.08. The van der Waals surface area contributed by atoms with E-state index >= 15 is 0 Å². The number of allylic oxidation sites excluding steroid dienone is 1. The van der Waals surface area contributed by atoms with Crippen LogP contribution in [0.4, 0.5) is 0 Å². The molecule has 0 saturated carbocycles. The minimum atomic E-state index is -3.53. The molecule has 1 aliphatic carbocycles. The maximum atomic E-state index is 11.0. The Labute approximate surface area is 70.5 Å². The second-order valence-corrected chi connectivity index (χ2v) is 4.20. The quantitative estimate of drug-likeness (QED) is 0.542. The van der Waals surface area contributed by atoms with Crippen molar-refractivity contribution in [2.45, 2.75) is 19.3 Å². The molecule has 3 N–H and O–H groups in total. The van der Waals surface area contributed by atoms with Gasteiger partial charge in [0.1, 0.15) is 5.84 Å². The largest absolute Gasteiger partial charge is 0.383 e. The molecule has 0 unspecified atom stereocenters. The molecule has 0 spiro atoms. The molecule has 66 valence electrons. The highest BCUT2D eigenvalue weighted by molar-refractivity contribution is 7.88. The van der Waals surface area contributed by atoms with Gasteiger partial charge in [-0.1, -0.05) is 0 Å². The van der Waals surface area contributed by atoms with E-state index in [1.165, 1.54) is 0 Å². The van der Waals surface area contributed by atoms with Crippen LogP contribution in [-0.2, 0) is 10.2 Å². The SMILES string of the molecule is NC1=NS(=O)(=O)NC2=C1CCC2. The first-order valence-corrected chi connectivity index (χ1v) is 5.13. The first kappa shape index (κ1) is 7.60. The van der Waals surface area contributed by atoms with Crippen LogP contribution < -0.4 is 10.5 Å². The van der Waals surface area contributed by atoms with Gasteiger partial charge in [0.15, 0.2) is 0 Å². The van der Waals surface area contributed by atoms with Gasteiger partial charge in [-0.3, -0.25) is 4.72 Å². The van der Waals surface area contributed by atoms with Crippen molar-refractivity contribution < 1.29 is 8.42 Å². The average Bonchev–Trinajstić information content (AvgIpc) is 2.31. The molecule has 0 aromatic heterocycles. The fourth-order valence-electron chi connectivity index (χ4n) is 1.50. The summed E-state index contributed by atoms with van der Waals surface area (Å²) in [6.07, 6.45) is 2.53. The summed E-state index contributed by atoms with van der Waals surface area (Å²) < 4.78 is 27.7. The Kier molecular flexibility index (Phi) is 1.41. The molecular formula is C6H9N3O2S. The Bertz CT molecular complexity index is 380. The number of nitrogens with two attached hydrogens (primary N) is 1. The third-order valence-corrected chi connectivity index (χ3v) is 2.94. The first-order valence-electron chi connectivity index (χ1n) is 3.69. The van der Waals surface area contributed by atoms with Crippen LogP contribution in [0, 0.1) is 0 Å². The van der Waals surface area contributed by atoms with Gasteiger partial charge in [0.05, 0.1) is 0 Å². The van der Waals surface area contributed by atoms with Crippen LogP contribution in [-0.4, -0.2) is 14.3 Å². The van der Waals surface area contributed by atoms with Crippen molar-refractivity contribution in [3.8, 4) is 0 Å². The van der Waals surface area contributed by atoms with Crippen LogP contribution in [0.15, 0.2) is 15.7 Å². The fourth-order valence-corrected chi connectivity index (χ4v) is 2.45. The van der Waals surface area contributed by atoms with Crippen molar-refractivity contribution in [3.05, 3.63) is 11.3 Å². The molecule has 5 nitrogen and oxygen atoms in total. The van der Waals surface area contributed by atoms with E-state index in [-0.39, 0.29) is 5.84 Å². The van der Waals surface area contributed by atoms with Crippen LogP contribution in [0.5, 0.6) is 0 Å². The smallest absolute Gasteiger partial charge is 0.343 e. The molecule has 6 heteroatoms. The summed E-state index contributed by atoms with van der Waals surface area (Å²) in [5.41, 5.74) is 7.06. The predicted molar refractivity (Wildman–Crippen MR) is 44.6 cm³/mol. The van der Waals surface area contributed by atoms with Crippen molar-refractivity contribution in [2.75, 3.05) is 0 Å². The molecule has 0 atom stereocenters. The molecule has 0 aromatic carbocycles. The van der Waals surface area contributed by atoms with E-state index in [1.54, 1.807) is 0 Å². The lowest BCUT2D eigenvalue weighted by Crippen LogP contribution is -2.31. The van der Waals surface area contributed by atoms with Gasteiger partial charge in [-0.2, -0.15) is 8.42 Å². The monoisotopic (exact) mass is 187 g/mol. The van der Waals surface area contributed by atoms with E-state index in [2.05, 4.69) is 9.12 Å². The highest BCUT2D eigenvalue weighted by Crippen LogP contribution is 2.27. The van der Waals surface area contributed by atoms with E-state index in [4.69, 9.17) is 5.73 Å². The standard InChI is InChI=1S/C6H9N3O2S/c7-6-4-2-1-3-5(4)8-12(10,11)9-6/h8H,1-3H2,(H2,7,9). The van der Waals surface area contributed by atoms with Gasteiger partial charge in [0.2, 0.25) is 0 Å². The minimum Gasteiger partial charge on any atom is -0.383 e. The molecule has 2 aliphatic rings. The summed E-state index contributed by atoms with van der Waals surface area (Å²) in [6.45, 7) is 0. The summed E-state index contributed by atoms with van der Waals surface area (Å²) >= 11 is 0. The molecule has 0 saturated heterocycles. The Morgan fingerprint density at radius 2 is 2.17 bits per heavy atom. The summed E-state index contributed by atoms with van der Waals surface area (Å²) in [5.74, 6) is 0.154. The summed E-state index contributed by atoms with van der Waals surface area (Å²) in [7, 11) is -3.53. The topological polar surface area (TPSA) is 84.5 Å². The normalized spacial score (nSPS) is 26.2. The molecule has 0 aromatic rings. The second-order valence-electron chi connectivity index (χ2n) is 2.86. The van der Waals surface area contributed by atoms with E-state index in [0.29, 0.717) is 0 Å². The number of nitrogens with one attached hydrogen (secondary N) is 1. The number of rotatable bonds is 0. The summed E-state index contributed by atoms with van der Waals surface area (Å²) in [6, 6.07) is 0. The number of amidine groups is 1. The Morgan fingerprint density at radius 3 is 2.92 bits per heavy atom. The second kappa shape index (κ2) is 2.22. The molecule has 1 heterocycles. The Balaban J connectivity index is 2.49. The van der Waals surface area contributed by atoms with Crippen LogP contribution in [0.1, 0.15) is 19.3 Å². The highest BCUT2D eigenvalue weighted by atomic mass is 32.2. The molecule has 0 radical (unpaired) electrons. The zero-order valence-corrected chi connectivity index (χ0v) is 7.19. The van der Waals surface area contributed by atoms with Crippen molar-refractivity contribution in [2.24, 2.45) is 10.1 Å². The highest BCUT2D eigenvalue weighted by Gasteiger charge is 2.26.